The first kappa shape index (κ1) is 13.2. The zero-order chi connectivity index (χ0) is 14.8. The van der Waals surface area contributed by atoms with E-state index in [-0.39, 0.29) is 12.1 Å². The molecule has 2 heterocycles. The normalized spacial score (nSPS) is 10.8. The number of rotatable bonds is 3. The molecule has 7 heteroatoms. The van der Waals surface area contributed by atoms with Crippen molar-refractivity contribution in [1.82, 2.24) is 20.1 Å². The van der Waals surface area contributed by atoms with Crippen molar-refractivity contribution in [2.45, 2.75) is 13.5 Å². The SMILES string of the molecule is Cc1nonc1Cn1nc(-c2ccccc2F)ccc1=O. The molecule has 6 nitrogen and oxygen atoms in total. The van der Waals surface area contributed by atoms with Crippen LogP contribution < -0.4 is 5.56 Å². The number of hydrogen-bond donors (Lipinski definition) is 0. The Labute approximate surface area is 118 Å². The summed E-state index contributed by atoms with van der Waals surface area (Å²) in [5.74, 6) is -0.394. The molecule has 106 valence electrons. The maximum atomic E-state index is 13.8. The van der Waals surface area contributed by atoms with Crippen LogP contribution in [0.1, 0.15) is 11.4 Å². The fourth-order valence-corrected chi connectivity index (χ4v) is 1.91. The van der Waals surface area contributed by atoms with E-state index in [4.69, 9.17) is 0 Å². The van der Waals surface area contributed by atoms with Crippen molar-refractivity contribution >= 4 is 0 Å². The monoisotopic (exact) mass is 286 g/mol. The van der Waals surface area contributed by atoms with E-state index in [2.05, 4.69) is 20.0 Å². The van der Waals surface area contributed by atoms with E-state index in [1.54, 1.807) is 25.1 Å². The Morgan fingerprint density at radius 2 is 2.00 bits per heavy atom. The van der Waals surface area contributed by atoms with Crippen molar-refractivity contribution in [2.75, 3.05) is 0 Å². The minimum Gasteiger partial charge on any atom is -0.268 e. The average Bonchev–Trinajstić information content (AvgIpc) is 2.87. The molecule has 0 atom stereocenters. The van der Waals surface area contributed by atoms with Crippen LogP contribution in [-0.4, -0.2) is 20.1 Å². The second kappa shape index (κ2) is 5.28. The fourth-order valence-electron chi connectivity index (χ4n) is 1.91. The van der Waals surface area contributed by atoms with E-state index in [1.807, 2.05) is 0 Å². The molecule has 3 rings (SSSR count). The van der Waals surface area contributed by atoms with Crippen LogP contribution in [0.15, 0.2) is 45.8 Å². The quantitative estimate of drug-likeness (QED) is 0.734. The van der Waals surface area contributed by atoms with Crippen LogP contribution in [0.4, 0.5) is 4.39 Å². The molecule has 3 aromatic rings. The van der Waals surface area contributed by atoms with Crippen molar-refractivity contribution in [1.29, 1.82) is 0 Å². The van der Waals surface area contributed by atoms with Gasteiger partial charge in [-0.2, -0.15) is 5.10 Å². The minimum absolute atomic E-state index is 0.121. The van der Waals surface area contributed by atoms with Crippen LogP contribution in [0.5, 0.6) is 0 Å². The van der Waals surface area contributed by atoms with Gasteiger partial charge >= 0.3 is 0 Å². The summed E-state index contributed by atoms with van der Waals surface area (Å²) in [6.07, 6.45) is 0. The van der Waals surface area contributed by atoms with E-state index in [0.29, 0.717) is 22.6 Å². The van der Waals surface area contributed by atoms with Crippen molar-refractivity contribution in [3.05, 3.63) is 64.0 Å². The van der Waals surface area contributed by atoms with E-state index < -0.39 is 5.82 Å². The molecule has 0 saturated carbocycles. The maximum Gasteiger partial charge on any atom is 0.267 e. The van der Waals surface area contributed by atoms with E-state index in [1.165, 1.54) is 22.9 Å². The number of benzene rings is 1. The van der Waals surface area contributed by atoms with E-state index in [0.717, 1.165) is 0 Å². The molecule has 0 N–H and O–H groups in total. The zero-order valence-corrected chi connectivity index (χ0v) is 11.2. The van der Waals surface area contributed by atoms with Crippen molar-refractivity contribution in [3.8, 4) is 11.3 Å². The highest BCUT2D eigenvalue weighted by Crippen LogP contribution is 2.19. The smallest absolute Gasteiger partial charge is 0.267 e. The highest BCUT2D eigenvalue weighted by atomic mass is 19.1. The van der Waals surface area contributed by atoms with E-state index in [9.17, 15) is 9.18 Å². The first-order chi connectivity index (χ1) is 10.1. The highest BCUT2D eigenvalue weighted by Gasteiger charge is 2.11. The lowest BCUT2D eigenvalue weighted by Crippen LogP contribution is -2.23. The Morgan fingerprint density at radius 3 is 2.71 bits per heavy atom. The van der Waals surface area contributed by atoms with Crippen LogP contribution >= 0.6 is 0 Å². The maximum absolute atomic E-state index is 13.8. The van der Waals surface area contributed by atoms with E-state index >= 15 is 0 Å². The zero-order valence-electron chi connectivity index (χ0n) is 11.2. The average molecular weight is 286 g/mol. The van der Waals surface area contributed by atoms with Crippen LogP contribution in [-0.2, 0) is 6.54 Å². The molecule has 0 aliphatic carbocycles. The highest BCUT2D eigenvalue weighted by molar-refractivity contribution is 5.58. The molecule has 0 spiro atoms. The molecule has 1 aromatic carbocycles. The van der Waals surface area contributed by atoms with Gasteiger partial charge in [0.1, 0.15) is 17.2 Å². The Balaban J connectivity index is 2.03. The number of hydrogen-bond acceptors (Lipinski definition) is 5. The van der Waals surface area contributed by atoms with Crippen LogP contribution in [0.25, 0.3) is 11.3 Å². The number of nitrogens with zero attached hydrogens (tertiary/aromatic N) is 4. The molecular weight excluding hydrogens is 275 g/mol. The predicted octanol–water partition coefficient (Wildman–Crippen LogP) is 1.79. The van der Waals surface area contributed by atoms with Crippen LogP contribution in [0, 0.1) is 12.7 Å². The molecular formula is C14H11FN4O2. The van der Waals surface area contributed by atoms with Crippen molar-refractivity contribution in [3.63, 3.8) is 0 Å². The summed E-state index contributed by atoms with van der Waals surface area (Å²) in [6.45, 7) is 1.84. The molecule has 0 aliphatic rings. The lowest BCUT2D eigenvalue weighted by Gasteiger charge is -2.06. The summed E-state index contributed by atoms with van der Waals surface area (Å²) in [5.41, 5.74) is 1.50. The van der Waals surface area contributed by atoms with Gasteiger partial charge in [0.05, 0.1) is 12.2 Å². The number of halogens is 1. The lowest BCUT2D eigenvalue weighted by molar-refractivity contribution is 0.300. The molecule has 0 aliphatic heterocycles. The third-order valence-corrected chi connectivity index (χ3v) is 3.06. The van der Waals surface area contributed by atoms with Gasteiger partial charge in [0.2, 0.25) is 0 Å². The Kier molecular flexibility index (Phi) is 3.31. The molecule has 0 amide bonds. The second-order valence-electron chi connectivity index (χ2n) is 4.49. The summed E-state index contributed by atoms with van der Waals surface area (Å²) in [7, 11) is 0. The first-order valence-electron chi connectivity index (χ1n) is 6.26. The van der Waals surface area contributed by atoms with Gasteiger partial charge in [-0.15, -0.1) is 0 Å². The van der Waals surface area contributed by atoms with Crippen LogP contribution in [0.2, 0.25) is 0 Å². The van der Waals surface area contributed by atoms with Gasteiger partial charge < -0.3 is 0 Å². The Hall–Kier alpha value is -2.83. The largest absolute Gasteiger partial charge is 0.268 e. The predicted molar refractivity (Wildman–Crippen MR) is 72.0 cm³/mol. The second-order valence-corrected chi connectivity index (χ2v) is 4.49. The Bertz CT molecular complexity index is 841. The summed E-state index contributed by atoms with van der Waals surface area (Å²) in [4.78, 5) is 11.9. The molecule has 0 fully saturated rings. The van der Waals surface area contributed by atoms with Gasteiger partial charge in [0, 0.05) is 11.6 Å². The van der Waals surface area contributed by atoms with Crippen molar-refractivity contribution < 1.29 is 9.02 Å². The Morgan fingerprint density at radius 1 is 1.19 bits per heavy atom. The van der Waals surface area contributed by atoms with Crippen molar-refractivity contribution in [2.24, 2.45) is 0 Å². The molecule has 0 unspecified atom stereocenters. The van der Waals surface area contributed by atoms with Crippen LogP contribution in [0.3, 0.4) is 0 Å². The fraction of sp³-hybridized carbons (Fsp3) is 0.143. The van der Waals surface area contributed by atoms with Gasteiger partial charge in [-0.25, -0.2) is 13.7 Å². The van der Waals surface area contributed by atoms with Gasteiger partial charge in [0.25, 0.3) is 5.56 Å². The third kappa shape index (κ3) is 2.58. The van der Waals surface area contributed by atoms with Gasteiger partial charge in [0.15, 0.2) is 0 Å². The standard InChI is InChI=1S/C14H11FN4O2/c1-9-13(18-21-17-9)8-19-14(20)7-6-12(16-19)10-4-2-3-5-11(10)15/h2-7H,8H2,1H3. The first-order valence-corrected chi connectivity index (χ1v) is 6.26. The molecule has 21 heavy (non-hydrogen) atoms. The number of aryl methyl sites for hydroxylation is 1. The summed E-state index contributed by atoms with van der Waals surface area (Å²) < 4.78 is 19.6. The lowest BCUT2D eigenvalue weighted by atomic mass is 10.1. The van der Waals surface area contributed by atoms with Gasteiger partial charge in [-0.3, -0.25) is 4.79 Å². The minimum atomic E-state index is -0.394. The summed E-state index contributed by atoms with van der Waals surface area (Å²) in [5, 5.41) is 11.5. The molecule has 0 bridgehead atoms. The van der Waals surface area contributed by atoms with Gasteiger partial charge in [-0.05, 0) is 25.1 Å². The number of aromatic nitrogens is 4. The molecule has 0 saturated heterocycles. The van der Waals surface area contributed by atoms with Gasteiger partial charge in [-0.1, -0.05) is 22.4 Å². The summed E-state index contributed by atoms with van der Waals surface area (Å²) in [6, 6.07) is 9.09. The summed E-state index contributed by atoms with van der Waals surface area (Å²) >= 11 is 0. The third-order valence-electron chi connectivity index (χ3n) is 3.06. The molecule has 2 aromatic heterocycles. The topological polar surface area (TPSA) is 73.8 Å². The molecule has 0 radical (unpaired) electrons.